The quantitative estimate of drug-likeness (QED) is 0.926. The van der Waals surface area contributed by atoms with E-state index in [1.807, 2.05) is 13.0 Å². The van der Waals surface area contributed by atoms with Gasteiger partial charge in [0.2, 0.25) is 0 Å². The van der Waals surface area contributed by atoms with Gasteiger partial charge in [-0.05, 0) is 47.1 Å². The minimum absolute atomic E-state index is 0.215. The summed E-state index contributed by atoms with van der Waals surface area (Å²) in [4.78, 5) is 19.9. The van der Waals surface area contributed by atoms with Crippen LogP contribution in [0.5, 0.6) is 0 Å². The summed E-state index contributed by atoms with van der Waals surface area (Å²) in [5.74, 6) is 0.297. The SMILES string of the molecule is Cc1ccc(C(=O)Nc2ccc(Br)cn2)cn1. The number of pyridine rings is 2. The van der Waals surface area contributed by atoms with Crippen molar-refractivity contribution in [2.45, 2.75) is 6.92 Å². The zero-order valence-electron chi connectivity index (χ0n) is 9.14. The number of amides is 1. The fourth-order valence-electron chi connectivity index (χ4n) is 1.24. The molecule has 0 bridgehead atoms. The maximum Gasteiger partial charge on any atom is 0.258 e. The van der Waals surface area contributed by atoms with Gasteiger partial charge in [0.15, 0.2) is 0 Å². The van der Waals surface area contributed by atoms with Gasteiger partial charge in [0.25, 0.3) is 5.91 Å². The van der Waals surface area contributed by atoms with Crippen LogP contribution < -0.4 is 5.32 Å². The number of hydrogen-bond donors (Lipinski definition) is 1. The third-order valence-corrected chi connectivity index (χ3v) is 2.61. The second-order valence-corrected chi connectivity index (χ2v) is 4.42. The minimum atomic E-state index is -0.215. The van der Waals surface area contributed by atoms with Gasteiger partial charge in [0.1, 0.15) is 5.82 Å². The molecule has 0 atom stereocenters. The molecule has 17 heavy (non-hydrogen) atoms. The van der Waals surface area contributed by atoms with Gasteiger partial charge in [-0.25, -0.2) is 4.98 Å². The van der Waals surface area contributed by atoms with Crippen molar-refractivity contribution < 1.29 is 4.79 Å². The Morgan fingerprint density at radius 1 is 1.18 bits per heavy atom. The Balaban J connectivity index is 2.11. The summed E-state index contributed by atoms with van der Waals surface area (Å²) in [5, 5.41) is 2.69. The maximum absolute atomic E-state index is 11.8. The maximum atomic E-state index is 11.8. The predicted molar refractivity (Wildman–Crippen MR) is 68.9 cm³/mol. The fraction of sp³-hybridized carbons (Fsp3) is 0.0833. The molecular weight excluding hydrogens is 282 g/mol. The lowest BCUT2D eigenvalue weighted by molar-refractivity contribution is 0.102. The van der Waals surface area contributed by atoms with Crippen molar-refractivity contribution in [3.63, 3.8) is 0 Å². The summed E-state index contributed by atoms with van der Waals surface area (Å²) in [6.07, 6.45) is 3.17. The van der Waals surface area contributed by atoms with Gasteiger partial charge in [-0.1, -0.05) is 0 Å². The van der Waals surface area contributed by atoms with E-state index in [9.17, 15) is 4.79 Å². The zero-order valence-corrected chi connectivity index (χ0v) is 10.7. The Morgan fingerprint density at radius 2 is 2.00 bits per heavy atom. The molecule has 2 aromatic heterocycles. The number of aromatic nitrogens is 2. The van der Waals surface area contributed by atoms with E-state index >= 15 is 0 Å². The predicted octanol–water partition coefficient (Wildman–Crippen LogP) is 2.80. The van der Waals surface area contributed by atoms with Crippen molar-refractivity contribution in [3.05, 3.63) is 52.4 Å². The second-order valence-electron chi connectivity index (χ2n) is 3.50. The van der Waals surface area contributed by atoms with Crippen molar-refractivity contribution in [1.82, 2.24) is 9.97 Å². The first kappa shape index (κ1) is 11.7. The Morgan fingerprint density at radius 3 is 2.59 bits per heavy atom. The van der Waals surface area contributed by atoms with Gasteiger partial charge in [-0.3, -0.25) is 9.78 Å². The van der Waals surface area contributed by atoms with Crippen LogP contribution in [0.25, 0.3) is 0 Å². The first-order valence-electron chi connectivity index (χ1n) is 5.01. The lowest BCUT2D eigenvalue weighted by Crippen LogP contribution is -2.13. The van der Waals surface area contributed by atoms with Crippen molar-refractivity contribution in [2.24, 2.45) is 0 Å². The average Bonchev–Trinajstić information content (AvgIpc) is 2.33. The topological polar surface area (TPSA) is 54.9 Å². The van der Waals surface area contributed by atoms with Crippen LogP contribution in [0.4, 0.5) is 5.82 Å². The standard InChI is InChI=1S/C12H10BrN3O/c1-8-2-3-9(6-14-8)12(17)16-11-5-4-10(13)7-15-11/h2-7H,1H3,(H,15,16,17). The smallest absolute Gasteiger partial charge is 0.258 e. The van der Waals surface area contributed by atoms with E-state index in [-0.39, 0.29) is 5.91 Å². The summed E-state index contributed by atoms with van der Waals surface area (Å²) in [7, 11) is 0. The number of nitrogens with one attached hydrogen (secondary N) is 1. The highest BCUT2D eigenvalue weighted by atomic mass is 79.9. The van der Waals surface area contributed by atoms with Gasteiger partial charge in [0, 0.05) is 22.6 Å². The molecule has 1 N–H and O–H groups in total. The molecule has 2 rings (SSSR count). The van der Waals surface area contributed by atoms with Crippen molar-refractivity contribution in [2.75, 3.05) is 5.32 Å². The third-order valence-electron chi connectivity index (χ3n) is 2.14. The number of nitrogens with zero attached hydrogens (tertiary/aromatic N) is 2. The van der Waals surface area contributed by atoms with Crippen LogP contribution in [0, 0.1) is 6.92 Å². The Labute approximate surface area is 107 Å². The van der Waals surface area contributed by atoms with Gasteiger partial charge in [-0.15, -0.1) is 0 Å². The molecule has 0 aromatic carbocycles. The van der Waals surface area contributed by atoms with E-state index in [1.165, 1.54) is 0 Å². The zero-order chi connectivity index (χ0) is 12.3. The van der Waals surface area contributed by atoms with Gasteiger partial charge < -0.3 is 5.32 Å². The summed E-state index contributed by atoms with van der Waals surface area (Å²) in [5.41, 5.74) is 1.39. The lowest BCUT2D eigenvalue weighted by Gasteiger charge is -2.04. The van der Waals surface area contributed by atoms with Crippen LogP contribution in [-0.4, -0.2) is 15.9 Å². The first-order valence-corrected chi connectivity index (χ1v) is 5.80. The summed E-state index contributed by atoms with van der Waals surface area (Å²) in [6.45, 7) is 1.87. The van der Waals surface area contributed by atoms with E-state index in [1.54, 1.807) is 30.6 Å². The third kappa shape index (κ3) is 3.10. The largest absolute Gasteiger partial charge is 0.307 e. The highest BCUT2D eigenvalue weighted by molar-refractivity contribution is 9.10. The van der Waals surface area contributed by atoms with E-state index in [2.05, 4.69) is 31.2 Å². The number of carbonyl (C=O) groups is 1. The van der Waals surface area contributed by atoms with Gasteiger partial charge >= 0.3 is 0 Å². The lowest BCUT2D eigenvalue weighted by atomic mass is 10.2. The van der Waals surface area contributed by atoms with E-state index in [4.69, 9.17) is 0 Å². The molecule has 5 heteroatoms. The average molecular weight is 292 g/mol. The fourth-order valence-corrected chi connectivity index (χ4v) is 1.47. The molecule has 0 aliphatic heterocycles. The van der Waals surface area contributed by atoms with Gasteiger partial charge in [-0.2, -0.15) is 0 Å². The molecule has 4 nitrogen and oxygen atoms in total. The van der Waals surface area contributed by atoms with E-state index in [0.717, 1.165) is 10.2 Å². The highest BCUT2D eigenvalue weighted by Gasteiger charge is 2.06. The van der Waals surface area contributed by atoms with Crippen molar-refractivity contribution in [3.8, 4) is 0 Å². The molecule has 0 aliphatic carbocycles. The molecule has 0 saturated carbocycles. The molecule has 86 valence electrons. The van der Waals surface area contributed by atoms with E-state index < -0.39 is 0 Å². The van der Waals surface area contributed by atoms with Crippen molar-refractivity contribution >= 4 is 27.7 Å². The molecule has 0 spiro atoms. The van der Waals surface area contributed by atoms with Crippen molar-refractivity contribution in [1.29, 1.82) is 0 Å². The molecule has 0 radical (unpaired) electrons. The minimum Gasteiger partial charge on any atom is -0.307 e. The number of aryl methyl sites for hydroxylation is 1. The van der Waals surface area contributed by atoms with Crippen LogP contribution in [-0.2, 0) is 0 Å². The summed E-state index contributed by atoms with van der Waals surface area (Å²) >= 11 is 3.28. The summed E-state index contributed by atoms with van der Waals surface area (Å²) < 4.78 is 0.868. The molecule has 2 aromatic rings. The first-order chi connectivity index (χ1) is 8.15. The Hall–Kier alpha value is -1.75. The number of halogens is 1. The monoisotopic (exact) mass is 291 g/mol. The van der Waals surface area contributed by atoms with Crippen LogP contribution in [0.3, 0.4) is 0 Å². The number of hydrogen-bond acceptors (Lipinski definition) is 3. The Kier molecular flexibility index (Phi) is 3.49. The molecular formula is C12H10BrN3O. The molecule has 0 saturated heterocycles. The number of carbonyl (C=O) groups excluding carboxylic acids is 1. The highest BCUT2D eigenvalue weighted by Crippen LogP contribution is 2.11. The van der Waals surface area contributed by atoms with Crippen LogP contribution in [0.1, 0.15) is 16.1 Å². The number of anilines is 1. The molecule has 1 amide bonds. The number of rotatable bonds is 2. The summed E-state index contributed by atoms with van der Waals surface area (Å²) in [6, 6.07) is 7.07. The molecule has 0 fully saturated rings. The molecule has 0 aliphatic rings. The van der Waals surface area contributed by atoms with E-state index in [0.29, 0.717) is 11.4 Å². The van der Waals surface area contributed by atoms with Crippen LogP contribution >= 0.6 is 15.9 Å². The van der Waals surface area contributed by atoms with Crippen LogP contribution in [0.2, 0.25) is 0 Å². The van der Waals surface area contributed by atoms with Gasteiger partial charge in [0.05, 0.1) is 5.56 Å². The second kappa shape index (κ2) is 5.05. The molecule has 0 unspecified atom stereocenters. The van der Waals surface area contributed by atoms with Crippen LogP contribution in [0.15, 0.2) is 41.1 Å². The normalized spacial score (nSPS) is 10.0. The Bertz CT molecular complexity index is 522. The molecule has 2 heterocycles.